The molecule has 0 amide bonds. The smallest absolute Gasteiger partial charge is 0.0308 e. The Balaban J connectivity index is 1.55. The minimum atomic E-state index is 0.498. The van der Waals surface area contributed by atoms with Crippen molar-refractivity contribution in [1.82, 2.24) is 10.2 Å². The van der Waals surface area contributed by atoms with Crippen LogP contribution < -0.4 is 5.32 Å². The normalized spacial score (nSPS) is 30.4. The zero-order valence-electron chi connectivity index (χ0n) is 11.2. The van der Waals surface area contributed by atoms with Gasteiger partial charge in [-0.05, 0) is 51.2 Å². The Morgan fingerprint density at radius 3 is 2.65 bits per heavy atom. The van der Waals surface area contributed by atoms with Gasteiger partial charge in [0.1, 0.15) is 0 Å². The standard InChI is InChI=1S/C15H28N2/c1-2-8-15(9-3-1)13-17(11-4-10-16-15)12-7-14-5-6-14/h14,16H,1-13H2. The van der Waals surface area contributed by atoms with Crippen molar-refractivity contribution in [3.8, 4) is 0 Å². The molecule has 1 aliphatic heterocycles. The van der Waals surface area contributed by atoms with Crippen LogP contribution in [0.4, 0.5) is 0 Å². The van der Waals surface area contributed by atoms with Crippen LogP contribution in [0.3, 0.4) is 0 Å². The quantitative estimate of drug-likeness (QED) is 0.810. The third-order valence-corrected chi connectivity index (χ3v) is 5.04. The maximum atomic E-state index is 3.89. The summed E-state index contributed by atoms with van der Waals surface area (Å²) in [7, 11) is 0. The molecule has 3 fully saturated rings. The summed E-state index contributed by atoms with van der Waals surface area (Å²) in [6.07, 6.45) is 13.1. The van der Waals surface area contributed by atoms with Crippen LogP contribution in [-0.4, -0.2) is 36.6 Å². The zero-order valence-corrected chi connectivity index (χ0v) is 11.2. The monoisotopic (exact) mass is 236 g/mol. The van der Waals surface area contributed by atoms with E-state index in [-0.39, 0.29) is 0 Å². The Hall–Kier alpha value is -0.0800. The highest BCUT2D eigenvalue weighted by molar-refractivity contribution is 4.95. The fourth-order valence-electron chi connectivity index (χ4n) is 3.75. The van der Waals surface area contributed by atoms with Crippen molar-refractivity contribution in [3.05, 3.63) is 0 Å². The largest absolute Gasteiger partial charge is 0.310 e. The lowest BCUT2D eigenvalue weighted by atomic mass is 9.81. The average Bonchev–Trinajstić information content (AvgIpc) is 3.16. The molecule has 0 aromatic heterocycles. The van der Waals surface area contributed by atoms with Crippen LogP contribution in [0.15, 0.2) is 0 Å². The molecule has 2 heteroatoms. The minimum Gasteiger partial charge on any atom is -0.310 e. The highest BCUT2D eigenvalue weighted by Crippen LogP contribution is 2.34. The summed E-state index contributed by atoms with van der Waals surface area (Å²) in [6, 6.07) is 0. The molecule has 2 saturated carbocycles. The highest BCUT2D eigenvalue weighted by atomic mass is 15.2. The number of nitrogens with one attached hydrogen (secondary N) is 1. The van der Waals surface area contributed by atoms with Gasteiger partial charge in [0.2, 0.25) is 0 Å². The van der Waals surface area contributed by atoms with Gasteiger partial charge in [-0.1, -0.05) is 32.1 Å². The average molecular weight is 236 g/mol. The summed E-state index contributed by atoms with van der Waals surface area (Å²) in [5.41, 5.74) is 0.498. The van der Waals surface area contributed by atoms with E-state index < -0.39 is 0 Å². The molecule has 3 aliphatic rings. The van der Waals surface area contributed by atoms with Gasteiger partial charge in [-0.2, -0.15) is 0 Å². The Kier molecular flexibility index (Phi) is 3.72. The van der Waals surface area contributed by atoms with Crippen LogP contribution in [0.25, 0.3) is 0 Å². The van der Waals surface area contributed by atoms with Crippen molar-refractivity contribution in [3.63, 3.8) is 0 Å². The van der Waals surface area contributed by atoms with Crippen molar-refractivity contribution >= 4 is 0 Å². The van der Waals surface area contributed by atoms with Crippen LogP contribution in [0.1, 0.15) is 57.8 Å². The summed E-state index contributed by atoms with van der Waals surface area (Å²) in [5.74, 6) is 1.09. The lowest BCUT2D eigenvalue weighted by Crippen LogP contribution is -2.52. The van der Waals surface area contributed by atoms with Crippen molar-refractivity contribution in [2.45, 2.75) is 63.3 Å². The van der Waals surface area contributed by atoms with E-state index in [9.17, 15) is 0 Å². The van der Waals surface area contributed by atoms with Gasteiger partial charge in [0.25, 0.3) is 0 Å². The fourth-order valence-corrected chi connectivity index (χ4v) is 3.75. The van der Waals surface area contributed by atoms with Gasteiger partial charge in [0, 0.05) is 12.1 Å². The van der Waals surface area contributed by atoms with Crippen LogP contribution in [0, 0.1) is 5.92 Å². The third kappa shape index (κ3) is 3.23. The SMILES string of the molecule is C1CCC2(CC1)CN(CCC1CC1)CCCN2. The first-order valence-electron chi connectivity index (χ1n) is 7.84. The van der Waals surface area contributed by atoms with Gasteiger partial charge in [-0.25, -0.2) is 0 Å². The maximum Gasteiger partial charge on any atom is 0.0308 e. The molecule has 0 aromatic carbocycles. The molecule has 17 heavy (non-hydrogen) atoms. The molecule has 3 rings (SSSR count). The van der Waals surface area contributed by atoms with Crippen molar-refractivity contribution in [1.29, 1.82) is 0 Å². The number of hydrogen-bond acceptors (Lipinski definition) is 2. The lowest BCUT2D eigenvalue weighted by molar-refractivity contribution is 0.161. The Bertz CT molecular complexity index is 241. The van der Waals surface area contributed by atoms with Gasteiger partial charge in [-0.3, -0.25) is 0 Å². The molecule has 2 nitrogen and oxygen atoms in total. The van der Waals surface area contributed by atoms with E-state index in [1.165, 1.54) is 84.0 Å². The molecule has 1 saturated heterocycles. The Labute approximate surface area is 106 Å². The molecule has 2 aliphatic carbocycles. The first-order valence-corrected chi connectivity index (χ1v) is 7.84. The van der Waals surface area contributed by atoms with E-state index >= 15 is 0 Å². The predicted molar refractivity (Wildman–Crippen MR) is 72.2 cm³/mol. The van der Waals surface area contributed by atoms with Crippen molar-refractivity contribution in [2.75, 3.05) is 26.2 Å². The van der Waals surface area contributed by atoms with Gasteiger partial charge < -0.3 is 10.2 Å². The predicted octanol–water partition coefficient (Wildman–Crippen LogP) is 2.78. The van der Waals surface area contributed by atoms with Crippen LogP contribution in [0.2, 0.25) is 0 Å². The van der Waals surface area contributed by atoms with Crippen LogP contribution >= 0.6 is 0 Å². The van der Waals surface area contributed by atoms with Gasteiger partial charge >= 0.3 is 0 Å². The fraction of sp³-hybridized carbons (Fsp3) is 1.00. The molecule has 1 N–H and O–H groups in total. The van der Waals surface area contributed by atoms with E-state index in [1.54, 1.807) is 0 Å². The summed E-state index contributed by atoms with van der Waals surface area (Å²) >= 11 is 0. The van der Waals surface area contributed by atoms with Gasteiger partial charge in [0.15, 0.2) is 0 Å². The van der Waals surface area contributed by atoms with Crippen molar-refractivity contribution < 1.29 is 0 Å². The number of rotatable bonds is 3. The van der Waals surface area contributed by atoms with E-state index in [4.69, 9.17) is 0 Å². The van der Waals surface area contributed by atoms with Crippen LogP contribution in [-0.2, 0) is 0 Å². The molecule has 0 bridgehead atoms. The zero-order chi connectivity index (χ0) is 11.6. The van der Waals surface area contributed by atoms with E-state index in [2.05, 4.69) is 10.2 Å². The summed E-state index contributed by atoms with van der Waals surface area (Å²) < 4.78 is 0. The lowest BCUT2D eigenvalue weighted by Gasteiger charge is -2.40. The molecule has 0 aromatic rings. The van der Waals surface area contributed by atoms with Gasteiger partial charge in [-0.15, -0.1) is 0 Å². The molecule has 98 valence electrons. The first-order chi connectivity index (χ1) is 8.36. The Morgan fingerprint density at radius 1 is 1.06 bits per heavy atom. The Morgan fingerprint density at radius 2 is 1.88 bits per heavy atom. The van der Waals surface area contributed by atoms with Crippen molar-refractivity contribution in [2.24, 2.45) is 5.92 Å². The molecule has 0 atom stereocenters. The summed E-state index contributed by atoms with van der Waals surface area (Å²) in [6.45, 7) is 5.29. The second-order valence-corrected chi connectivity index (χ2v) is 6.63. The third-order valence-electron chi connectivity index (χ3n) is 5.04. The van der Waals surface area contributed by atoms with E-state index in [1.807, 2.05) is 0 Å². The highest BCUT2D eigenvalue weighted by Gasteiger charge is 2.35. The topological polar surface area (TPSA) is 15.3 Å². The molecule has 1 spiro atoms. The van der Waals surface area contributed by atoms with E-state index in [0.717, 1.165) is 5.92 Å². The first kappa shape index (κ1) is 12.0. The molecule has 0 radical (unpaired) electrons. The maximum absolute atomic E-state index is 3.89. The number of hydrogen-bond donors (Lipinski definition) is 1. The van der Waals surface area contributed by atoms with Gasteiger partial charge in [0.05, 0.1) is 0 Å². The molecular formula is C15H28N2. The second-order valence-electron chi connectivity index (χ2n) is 6.63. The van der Waals surface area contributed by atoms with E-state index in [0.29, 0.717) is 5.54 Å². The second kappa shape index (κ2) is 5.27. The molecule has 0 unspecified atom stereocenters. The summed E-state index contributed by atoms with van der Waals surface area (Å²) in [5, 5.41) is 3.89. The van der Waals surface area contributed by atoms with Crippen LogP contribution in [0.5, 0.6) is 0 Å². The minimum absolute atomic E-state index is 0.498. The molecular weight excluding hydrogens is 208 g/mol. The molecule has 1 heterocycles. The number of nitrogens with zero attached hydrogens (tertiary/aromatic N) is 1. The summed E-state index contributed by atoms with van der Waals surface area (Å²) in [4.78, 5) is 2.77.